The molecule has 2 aromatic carbocycles. The maximum absolute atomic E-state index is 12.4. The molecule has 0 bridgehead atoms. The molecule has 0 aliphatic heterocycles. The number of hydrogen-bond donors (Lipinski definition) is 3. The van der Waals surface area contributed by atoms with Gasteiger partial charge in [-0.05, 0) is 35.9 Å². The zero-order chi connectivity index (χ0) is 19.6. The minimum Gasteiger partial charge on any atom is -0.508 e. The molecule has 3 aromatic rings. The molecule has 0 fully saturated rings. The van der Waals surface area contributed by atoms with Crippen LogP contribution in [-0.4, -0.2) is 27.5 Å². The molecule has 3 rings (SSSR count). The van der Waals surface area contributed by atoms with Crippen LogP contribution >= 0.6 is 0 Å². The third kappa shape index (κ3) is 4.54. The molecule has 1 aromatic heterocycles. The molecule has 7 nitrogen and oxygen atoms in total. The molecule has 0 radical (unpaired) electrons. The Morgan fingerprint density at radius 2 is 1.81 bits per heavy atom. The summed E-state index contributed by atoms with van der Waals surface area (Å²) in [6, 6.07) is 9.26. The summed E-state index contributed by atoms with van der Waals surface area (Å²) in [5.74, 6) is -1.54. The van der Waals surface area contributed by atoms with Crippen molar-refractivity contribution in [2.24, 2.45) is 10.2 Å². The van der Waals surface area contributed by atoms with E-state index in [0.29, 0.717) is 11.1 Å². The highest BCUT2D eigenvalue weighted by Crippen LogP contribution is 2.38. The number of aromatic amines is 1. The lowest BCUT2D eigenvalue weighted by Crippen LogP contribution is -2.16. The van der Waals surface area contributed by atoms with E-state index in [1.165, 1.54) is 30.3 Å². The number of rotatable bonds is 4. The Hall–Kier alpha value is -3.56. The molecule has 0 spiro atoms. The Morgan fingerprint density at radius 3 is 2.48 bits per heavy atom. The van der Waals surface area contributed by atoms with Gasteiger partial charge in [0.1, 0.15) is 11.5 Å². The van der Waals surface area contributed by atoms with Crippen molar-refractivity contribution in [2.45, 2.75) is 12.8 Å². The molecule has 140 valence electrons. The van der Waals surface area contributed by atoms with E-state index in [2.05, 4.69) is 19.9 Å². The zero-order valence-corrected chi connectivity index (χ0v) is 13.5. The molecule has 27 heavy (non-hydrogen) atoms. The number of alkyl halides is 3. The molecule has 0 aliphatic carbocycles. The Kier molecular flexibility index (Phi) is 4.72. The van der Waals surface area contributed by atoms with Gasteiger partial charge in [0.2, 0.25) is 5.88 Å². The van der Waals surface area contributed by atoms with E-state index in [1.807, 2.05) is 0 Å². The topological polar surface area (TPSA) is 107 Å². The number of phenolic OH excluding ortho intramolecular Hbond substituents is 1. The number of aromatic nitrogens is 1. The van der Waals surface area contributed by atoms with Gasteiger partial charge in [0.15, 0.2) is 5.69 Å². The van der Waals surface area contributed by atoms with Gasteiger partial charge in [-0.3, -0.25) is 4.79 Å². The lowest BCUT2D eigenvalue weighted by molar-refractivity contribution is -0.274. The molecule has 1 amide bonds. The Labute approximate surface area is 149 Å². The van der Waals surface area contributed by atoms with E-state index in [9.17, 15) is 28.2 Å². The predicted molar refractivity (Wildman–Crippen MR) is 88.0 cm³/mol. The number of azo groups is 1. The number of ether oxygens (including phenoxy) is 1. The number of halogens is 3. The number of fused-ring (bicyclic) bond motifs is 1. The quantitative estimate of drug-likeness (QED) is 0.587. The number of hydrogen-bond acceptors (Lipinski definition) is 5. The van der Waals surface area contributed by atoms with Gasteiger partial charge in [-0.15, -0.1) is 23.4 Å². The Morgan fingerprint density at radius 1 is 1.11 bits per heavy atom. The highest BCUT2D eigenvalue weighted by molar-refractivity contribution is 5.95. The Balaban J connectivity index is 1.83. The lowest BCUT2D eigenvalue weighted by Gasteiger charge is -2.08. The fourth-order valence-corrected chi connectivity index (χ4v) is 2.37. The number of nitrogens with zero attached hydrogens (tertiary/aromatic N) is 2. The average molecular weight is 379 g/mol. The first kappa shape index (κ1) is 18.2. The number of H-pyrrole nitrogens is 1. The van der Waals surface area contributed by atoms with E-state index in [1.54, 1.807) is 0 Å². The third-order valence-electron chi connectivity index (χ3n) is 3.51. The van der Waals surface area contributed by atoms with Crippen LogP contribution in [0.3, 0.4) is 0 Å². The van der Waals surface area contributed by atoms with Gasteiger partial charge in [0.05, 0.1) is 11.9 Å². The van der Waals surface area contributed by atoms with Crippen LogP contribution in [-0.2, 0) is 11.2 Å². The van der Waals surface area contributed by atoms with Gasteiger partial charge < -0.3 is 19.9 Å². The zero-order valence-electron chi connectivity index (χ0n) is 13.5. The van der Waals surface area contributed by atoms with Crippen LogP contribution in [0.1, 0.15) is 5.56 Å². The van der Waals surface area contributed by atoms with Gasteiger partial charge in [0.25, 0.3) is 5.91 Å². The number of amides is 1. The van der Waals surface area contributed by atoms with Crippen LogP contribution in [0.2, 0.25) is 0 Å². The van der Waals surface area contributed by atoms with Crippen LogP contribution in [0, 0.1) is 0 Å². The molecule has 10 heteroatoms. The number of carbonyl (C=O) groups is 1. The highest BCUT2D eigenvalue weighted by atomic mass is 19.4. The second-order valence-electron chi connectivity index (χ2n) is 5.51. The van der Waals surface area contributed by atoms with Crippen molar-refractivity contribution < 1.29 is 32.9 Å². The molecular weight excluding hydrogens is 367 g/mol. The molecule has 0 atom stereocenters. The molecule has 0 unspecified atom stereocenters. The SMILES string of the molecule is O=C(Cc1ccc(O)cc1)N=Nc1c(O)[nH]c2ccc(OC(F)(F)F)cc12. The first-order valence-corrected chi connectivity index (χ1v) is 7.54. The monoisotopic (exact) mass is 379 g/mol. The molecule has 0 saturated heterocycles. The van der Waals surface area contributed by atoms with E-state index < -0.39 is 23.9 Å². The molecule has 0 aliphatic rings. The van der Waals surface area contributed by atoms with Crippen molar-refractivity contribution in [2.75, 3.05) is 0 Å². The first-order valence-electron chi connectivity index (χ1n) is 7.54. The lowest BCUT2D eigenvalue weighted by atomic mass is 10.1. The van der Waals surface area contributed by atoms with Gasteiger partial charge in [-0.2, -0.15) is 0 Å². The number of phenols is 1. The van der Waals surface area contributed by atoms with Crippen molar-refractivity contribution in [3.8, 4) is 17.4 Å². The predicted octanol–water partition coefficient (Wildman–Crippen LogP) is 4.33. The van der Waals surface area contributed by atoms with E-state index >= 15 is 0 Å². The number of carbonyl (C=O) groups excluding carboxylic acids is 1. The first-order chi connectivity index (χ1) is 12.7. The van der Waals surface area contributed by atoms with Crippen LogP contribution in [0.15, 0.2) is 52.7 Å². The average Bonchev–Trinajstić information content (AvgIpc) is 2.88. The summed E-state index contributed by atoms with van der Waals surface area (Å²) in [4.78, 5) is 14.4. The Bertz CT molecular complexity index is 1010. The van der Waals surface area contributed by atoms with E-state index in [-0.39, 0.29) is 23.2 Å². The van der Waals surface area contributed by atoms with Crippen molar-refractivity contribution in [1.82, 2.24) is 4.98 Å². The fourth-order valence-electron chi connectivity index (χ4n) is 2.37. The largest absolute Gasteiger partial charge is 0.573 e. The molecular formula is C17H12F3N3O4. The summed E-state index contributed by atoms with van der Waals surface area (Å²) in [6.07, 6.45) is -4.97. The third-order valence-corrected chi connectivity index (χ3v) is 3.51. The molecule has 0 saturated carbocycles. The summed E-state index contributed by atoms with van der Waals surface area (Å²) in [5.41, 5.74) is 0.694. The summed E-state index contributed by atoms with van der Waals surface area (Å²) < 4.78 is 40.9. The minimum atomic E-state index is -4.87. The number of benzene rings is 2. The van der Waals surface area contributed by atoms with E-state index in [4.69, 9.17) is 0 Å². The molecule has 3 N–H and O–H groups in total. The summed E-state index contributed by atoms with van der Waals surface area (Å²) in [5, 5.41) is 26.3. The summed E-state index contributed by atoms with van der Waals surface area (Å²) in [6.45, 7) is 0. The number of aromatic hydroxyl groups is 2. The minimum absolute atomic E-state index is 0.0495. The van der Waals surface area contributed by atoms with Gasteiger partial charge in [-0.25, -0.2) is 0 Å². The number of nitrogens with one attached hydrogen (secondary N) is 1. The van der Waals surface area contributed by atoms with Crippen LogP contribution < -0.4 is 4.74 Å². The van der Waals surface area contributed by atoms with Gasteiger partial charge >= 0.3 is 6.36 Å². The van der Waals surface area contributed by atoms with E-state index in [0.717, 1.165) is 12.1 Å². The van der Waals surface area contributed by atoms with Gasteiger partial charge in [0, 0.05) is 5.39 Å². The van der Waals surface area contributed by atoms with Crippen LogP contribution in [0.4, 0.5) is 18.9 Å². The summed E-state index contributed by atoms with van der Waals surface area (Å²) >= 11 is 0. The van der Waals surface area contributed by atoms with Crippen molar-refractivity contribution >= 4 is 22.5 Å². The summed E-state index contributed by atoms with van der Waals surface area (Å²) in [7, 11) is 0. The second kappa shape index (κ2) is 6.98. The maximum Gasteiger partial charge on any atom is 0.573 e. The van der Waals surface area contributed by atoms with Crippen molar-refractivity contribution in [3.05, 3.63) is 48.0 Å². The highest BCUT2D eigenvalue weighted by Gasteiger charge is 2.31. The second-order valence-corrected chi connectivity index (χ2v) is 5.51. The smallest absolute Gasteiger partial charge is 0.508 e. The van der Waals surface area contributed by atoms with Crippen molar-refractivity contribution in [3.63, 3.8) is 0 Å². The maximum atomic E-state index is 12.4. The van der Waals surface area contributed by atoms with Gasteiger partial charge in [-0.1, -0.05) is 12.1 Å². The normalized spacial score (nSPS) is 12.0. The van der Waals surface area contributed by atoms with Crippen molar-refractivity contribution in [1.29, 1.82) is 0 Å². The fraction of sp³-hybridized carbons (Fsp3) is 0.118. The van der Waals surface area contributed by atoms with Crippen LogP contribution in [0.5, 0.6) is 17.4 Å². The van der Waals surface area contributed by atoms with Crippen LogP contribution in [0.25, 0.3) is 10.9 Å². The molecule has 1 heterocycles. The standard InChI is InChI=1S/C17H12F3N3O4/c18-17(19,20)27-11-5-6-13-12(8-11)15(16(26)21-13)23-22-14(25)7-9-1-3-10(24)4-2-9/h1-6,8,21,24,26H,7H2.